The van der Waals surface area contributed by atoms with E-state index >= 15 is 0 Å². The lowest BCUT2D eigenvalue weighted by molar-refractivity contribution is -0.364. The number of rotatable bonds is 3. The Kier molecular flexibility index (Phi) is 4.88. The molecule has 0 spiro atoms. The number of hydrogen-bond donors (Lipinski definition) is 2. The van der Waals surface area contributed by atoms with E-state index in [2.05, 4.69) is 4.99 Å². The molecule has 0 radical (unpaired) electrons. The fraction of sp³-hybridized carbons (Fsp3) is 0.0667. The van der Waals surface area contributed by atoms with Crippen molar-refractivity contribution >= 4 is 52.2 Å². The van der Waals surface area contributed by atoms with Crippen LogP contribution in [-0.4, -0.2) is 16.8 Å². The predicted octanol–water partition coefficient (Wildman–Crippen LogP) is 3.57. The molecule has 0 heterocycles. The number of carbonyl (C=O) groups is 1. The predicted molar refractivity (Wildman–Crippen MR) is 85.3 cm³/mol. The van der Waals surface area contributed by atoms with Crippen LogP contribution < -0.4 is 4.99 Å². The third-order valence-corrected chi connectivity index (χ3v) is 3.77. The van der Waals surface area contributed by atoms with E-state index in [1.54, 1.807) is 36.4 Å². The van der Waals surface area contributed by atoms with Crippen molar-refractivity contribution in [1.29, 1.82) is 0 Å². The van der Waals surface area contributed by atoms with E-state index in [4.69, 9.17) is 34.8 Å². The highest BCUT2D eigenvalue weighted by Gasteiger charge is 2.18. The molecular formula is C15H11Cl3NO2+. The van der Waals surface area contributed by atoms with E-state index < -0.39 is 0 Å². The van der Waals surface area contributed by atoms with Crippen LogP contribution in [0.15, 0.2) is 36.4 Å². The van der Waals surface area contributed by atoms with E-state index in [0.717, 1.165) is 0 Å². The van der Waals surface area contributed by atoms with Crippen LogP contribution in [-0.2, 0) is 0 Å². The zero-order valence-corrected chi connectivity index (χ0v) is 13.2. The molecule has 0 unspecified atom stereocenters. The van der Waals surface area contributed by atoms with Gasteiger partial charge in [0.1, 0.15) is 5.56 Å². The number of aliphatic hydroxyl groups is 1. The Morgan fingerprint density at radius 2 is 1.67 bits per heavy atom. The zero-order chi connectivity index (χ0) is 15.6. The molecule has 0 saturated heterocycles. The third-order valence-electron chi connectivity index (χ3n) is 2.81. The molecule has 108 valence electrons. The van der Waals surface area contributed by atoms with Crippen LogP contribution in [0.4, 0.5) is 5.69 Å². The molecule has 0 aliphatic rings. The average Bonchev–Trinajstić information content (AvgIpc) is 2.40. The van der Waals surface area contributed by atoms with Crippen molar-refractivity contribution in [3.63, 3.8) is 0 Å². The standard InChI is InChI=1S/C15H10Cl3NO2/c1-8(20)10-7-9(5-6-11(10)16)19-15(21)14-12(17)3-2-4-13(14)18/h2-7H,1H3,(H,19,21)/p+1. The molecule has 21 heavy (non-hydrogen) atoms. The molecule has 2 aromatic carbocycles. The van der Waals surface area contributed by atoms with Gasteiger partial charge in [0, 0.05) is 17.7 Å². The molecule has 0 aliphatic heterocycles. The van der Waals surface area contributed by atoms with Gasteiger partial charge in [0.2, 0.25) is 5.69 Å². The Morgan fingerprint density at radius 3 is 2.24 bits per heavy atom. The monoisotopic (exact) mass is 342 g/mol. The lowest BCUT2D eigenvalue weighted by Crippen LogP contribution is -2.66. The van der Waals surface area contributed by atoms with Crippen LogP contribution in [0.25, 0.3) is 0 Å². The second-order valence-corrected chi connectivity index (χ2v) is 5.54. The first-order valence-corrected chi connectivity index (χ1v) is 7.11. The number of carbonyl (C=O) groups excluding carboxylic acids is 1. The van der Waals surface area contributed by atoms with E-state index in [1.165, 1.54) is 6.92 Å². The normalized spacial score (nSPS) is 11.5. The first-order chi connectivity index (χ1) is 9.90. The Labute approximate surface area is 136 Å². The molecule has 2 aromatic rings. The average molecular weight is 344 g/mol. The Balaban J connectivity index is 2.49. The van der Waals surface area contributed by atoms with Gasteiger partial charge < -0.3 is 5.11 Å². The molecule has 0 bridgehead atoms. The number of hydrogen-bond acceptors (Lipinski definition) is 1. The first kappa shape index (κ1) is 15.8. The highest BCUT2D eigenvalue weighted by Crippen LogP contribution is 2.23. The van der Waals surface area contributed by atoms with Gasteiger partial charge in [-0.1, -0.05) is 40.9 Å². The molecule has 0 aliphatic carbocycles. The highest BCUT2D eigenvalue weighted by atomic mass is 35.5. The lowest BCUT2D eigenvalue weighted by Gasteiger charge is -2.01. The fourth-order valence-corrected chi connectivity index (χ4v) is 2.62. The summed E-state index contributed by atoms with van der Waals surface area (Å²) in [6.45, 7) is 1.42. The second kappa shape index (κ2) is 6.48. The van der Waals surface area contributed by atoms with Crippen molar-refractivity contribution in [2.75, 3.05) is 0 Å². The van der Waals surface area contributed by atoms with Crippen LogP contribution in [0, 0.1) is 0 Å². The van der Waals surface area contributed by atoms with Gasteiger partial charge in [-0.3, -0.25) is 4.79 Å². The van der Waals surface area contributed by atoms with Crippen molar-refractivity contribution < 1.29 is 14.9 Å². The number of Topliss-reactive ketones (excluding diaryl/α,β-unsaturated/α-hetero) is 1. The van der Waals surface area contributed by atoms with Crippen LogP contribution in [0.2, 0.25) is 15.1 Å². The minimum absolute atomic E-state index is 0.168. The van der Waals surface area contributed by atoms with Gasteiger partial charge in [0.15, 0.2) is 5.78 Å². The summed E-state index contributed by atoms with van der Waals surface area (Å²) < 4.78 is 0. The molecule has 0 atom stereocenters. The highest BCUT2D eigenvalue weighted by molar-refractivity contribution is 6.39. The van der Waals surface area contributed by atoms with Crippen LogP contribution in [0.1, 0.15) is 22.8 Å². The number of aliphatic hydroxyl groups excluding tert-OH is 1. The van der Waals surface area contributed by atoms with Gasteiger partial charge in [-0.25, -0.2) is 0 Å². The maximum atomic E-state index is 11.5. The summed E-state index contributed by atoms with van der Waals surface area (Å²) >= 11 is 18.0. The smallest absolute Gasteiger partial charge is 0.374 e. The van der Waals surface area contributed by atoms with E-state index in [9.17, 15) is 9.90 Å². The molecule has 0 fully saturated rings. The third kappa shape index (κ3) is 3.56. The molecule has 6 heteroatoms. The van der Waals surface area contributed by atoms with Gasteiger partial charge >= 0.3 is 5.90 Å². The fourth-order valence-electron chi connectivity index (χ4n) is 1.80. The molecule has 0 aromatic heterocycles. The molecular weight excluding hydrogens is 333 g/mol. The van der Waals surface area contributed by atoms with Crippen molar-refractivity contribution in [2.24, 2.45) is 0 Å². The van der Waals surface area contributed by atoms with Crippen molar-refractivity contribution in [1.82, 2.24) is 0 Å². The minimum Gasteiger partial charge on any atom is -0.459 e. The summed E-state index contributed by atoms with van der Waals surface area (Å²) in [5.41, 5.74) is 1.15. The molecule has 2 rings (SSSR count). The number of halogens is 3. The summed E-state index contributed by atoms with van der Waals surface area (Å²) in [6, 6.07) is 9.66. The SMILES string of the molecule is CC(=O)c1cc([NH+]=C(O)c2c(Cl)cccc2Cl)ccc1Cl. The molecule has 0 amide bonds. The summed E-state index contributed by atoms with van der Waals surface area (Å²) in [5, 5.41) is 11.1. The lowest BCUT2D eigenvalue weighted by atomic mass is 10.1. The Bertz CT molecular complexity index is 721. The molecule has 0 saturated carbocycles. The van der Waals surface area contributed by atoms with Gasteiger partial charge in [0.25, 0.3) is 0 Å². The van der Waals surface area contributed by atoms with Crippen molar-refractivity contribution in [2.45, 2.75) is 6.92 Å². The van der Waals surface area contributed by atoms with Crippen molar-refractivity contribution in [3.05, 3.63) is 62.6 Å². The van der Waals surface area contributed by atoms with Gasteiger partial charge in [-0.05, 0) is 25.1 Å². The summed E-state index contributed by atoms with van der Waals surface area (Å²) in [5.74, 6) is -0.374. The van der Waals surface area contributed by atoms with Crippen LogP contribution in [0.3, 0.4) is 0 Å². The zero-order valence-electron chi connectivity index (χ0n) is 11.0. The molecule has 2 N–H and O–H groups in total. The minimum atomic E-state index is -0.206. The topological polar surface area (TPSA) is 51.3 Å². The number of ketones is 1. The maximum Gasteiger partial charge on any atom is 0.374 e. The quantitative estimate of drug-likeness (QED) is 0.508. The number of benzene rings is 2. The van der Waals surface area contributed by atoms with Gasteiger partial charge in [0.05, 0.1) is 15.1 Å². The largest absolute Gasteiger partial charge is 0.459 e. The van der Waals surface area contributed by atoms with Gasteiger partial charge in [-0.2, -0.15) is 4.99 Å². The second-order valence-electron chi connectivity index (χ2n) is 4.32. The van der Waals surface area contributed by atoms with Crippen LogP contribution in [0.5, 0.6) is 0 Å². The summed E-state index contributed by atoms with van der Waals surface area (Å²) in [6.07, 6.45) is 0. The van der Waals surface area contributed by atoms with E-state index in [-0.39, 0.29) is 11.7 Å². The molecule has 3 nitrogen and oxygen atoms in total. The number of nitrogens with one attached hydrogen (secondary N) is 1. The Morgan fingerprint density at radius 1 is 1.05 bits per heavy atom. The van der Waals surface area contributed by atoms with Gasteiger partial charge in [-0.15, -0.1) is 0 Å². The first-order valence-electron chi connectivity index (χ1n) is 5.98. The summed E-state index contributed by atoms with van der Waals surface area (Å²) in [4.78, 5) is 14.2. The van der Waals surface area contributed by atoms with E-state index in [1.807, 2.05) is 0 Å². The Hall–Kier alpha value is -1.55. The van der Waals surface area contributed by atoms with Crippen LogP contribution >= 0.6 is 34.8 Å². The maximum absolute atomic E-state index is 11.5. The van der Waals surface area contributed by atoms with Crippen molar-refractivity contribution in [3.8, 4) is 0 Å². The summed E-state index contributed by atoms with van der Waals surface area (Å²) in [7, 11) is 0. The van der Waals surface area contributed by atoms with E-state index in [0.29, 0.717) is 31.9 Å².